The van der Waals surface area contributed by atoms with Crippen molar-refractivity contribution in [2.75, 3.05) is 0 Å². The van der Waals surface area contributed by atoms with Crippen molar-refractivity contribution in [2.24, 2.45) is 0 Å². The minimum Gasteiger partial charge on any atom is -0.0882 e. The Kier molecular flexibility index (Phi) is 18.0. The quantitative estimate of drug-likeness (QED) is 0.214. The molecule has 0 fully saturated rings. The summed E-state index contributed by atoms with van der Waals surface area (Å²) in [6, 6.07) is 0. The number of rotatable bonds is 15. The first-order valence-corrected chi connectivity index (χ1v) is 9.21. The van der Waals surface area contributed by atoms with Gasteiger partial charge in [0.25, 0.3) is 0 Å². The molecular weight excluding hydrogens is 240 g/mol. The van der Waals surface area contributed by atoms with E-state index in [1.54, 1.807) is 0 Å². The predicted molar refractivity (Wildman–Crippen MR) is 94.3 cm³/mol. The van der Waals surface area contributed by atoms with Crippen molar-refractivity contribution in [3.63, 3.8) is 0 Å². The van der Waals surface area contributed by atoms with E-state index in [4.69, 9.17) is 0 Å². The van der Waals surface area contributed by atoms with Crippen LogP contribution in [0.3, 0.4) is 0 Å². The van der Waals surface area contributed by atoms with Crippen LogP contribution in [0.2, 0.25) is 0 Å². The van der Waals surface area contributed by atoms with Crippen molar-refractivity contribution < 1.29 is 0 Å². The average Bonchev–Trinajstić information content (AvgIpc) is 2.47. The monoisotopic (exact) mass is 278 g/mol. The largest absolute Gasteiger partial charge is 0.0882 e. The van der Waals surface area contributed by atoms with Gasteiger partial charge >= 0.3 is 0 Å². The van der Waals surface area contributed by atoms with Crippen LogP contribution in [-0.2, 0) is 0 Å². The van der Waals surface area contributed by atoms with Gasteiger partial charge in [-0.25, -0.2) is 0 Å². The van der Waals surface area contributed by atoms with Crippen molar-refractivity contribution in [2.45, 2.75) is 104 Å². The highest BCUT2D eigenvalue weighted by Gasteiger charge is 1.89. The fourth-order valence-corrected chi connectivity index (χ4v) is 2.41. The standard InChI is InChI=1S/C20H38/c1-3-5-7-9-11-13-15-17-19-20-18-16-14-12-10-8-6-4-2/h13,15,19-20H,3-12,14,16-18H2,1-2H3/b15-13+,20-19+. The highest BCUT2D eigenvalue weighted by atomic mass is 14.0. The van der Waals surface area contributed by atoms with Crippen LogP contribution in [0, 0.1) is 0 Å². The Bertz CT molecular complexity index is 212. The van der Waals surface area contributed by atoms with Gasteiger partial charge in [-0.05, 0) is 32.1 Å². The molecule has 0 aromatic heterocycles. The second kappa shape index (κ2) is 18.5. The maximum absolute atomic E-state index is 2.37. The fourth-order valence-electron chi connectivity index (χ4n) is 2.41. The molecule has 0 radical (unpaired) electrons. The highest BCUT2D eigenvalue weighted by Crippen LogP contribution is 2.09. The zero-order chi connectivity index (χ0) is 14.7. The van der Waals surface area contributed by atoms with Crippen LogP contribution in [0.1, 0.15) is 104 Å². The summed E-state index contributed by atoms with van der Waals surface area (Å²) >= 11 is 0. The molecule has 0 saturated heterocycles. The van der Waals surface area contributed by atoms with E-state index in [9.17, 15) is 0 Å². The first-order chi connectivity index (χ1) is 9.91. The van der Waals surface area contributed by atoms with E-state index in [1.807, 2.05) is 0 Å². The lowest BCUT2D eigenvalue weighted by Gasteiger charge is -1.98. The van der Waals surface area contributed by atoms with Gasteiger partial charge in [0, 0.05) is 0 Å². The Morgan fingerprint density at radius 3 is 1.35 bits per heavy atom. The normalized spacial score (nSPS) is 11.9. The lowest BCUT2D eigenvalue weighted by Crippen LogP contribution is -1.78. The van der Waals surface area contributed by atoms with Gasteiger partial charge in [0.1, 0.15) is 0 Å². The molecule has 20 heavy (non-hydrogen) atoms. The van der Waals surface area contributed by atoms with Crippen molar-refractivity contribution in [3.05, 3.63) is 24.3 Å². The summed E-state index contributed by atoms with van der Waals surface area (Å²) in [6.45, 7) is 4.55. The van der Waals surface area contributed by atoms with Crippen LogP contribution in [0.15, 0.2) is 24.3 Å². The maximum Gasteiger partial charge on any atom is -0.0169 e. The van der Waals surface area contributed by atoms with E-state index in [0.29, 0.717) is 0 Å². The zero-order valence-corrected chi connectivity index (χ0v) is 14.2. The Morgan fingerprint density at radius 2 is 0.850 bits per heavy atom. The molecular formula is C20H38. The summed E-state index contributed by atoms with van der Waals surface area (Å²) in [6.07, 6.45) is 28.4. The minimum absolute atomic E-state index is 1.13. The van der Waals surface area contributed by atoms with Crippen LogP contribution >= 0.6 is 0 Å². The third-order valence-corrected chi connectivity index (χ3v) is 3.80. The van der Waals surface area contributed by atoms with E-state index < -0.39 is 0 Å². The van der Waals surface area contributed by atoms with Gasteiger partial charge in [0.15, 0.2) is 0 Å². The lowest BCUT2D eigenvalue weighted by atomic mass is 10.1. The number of allylic oxidation sites excluding steroid dienone is 4. The number of unbranched alkanes of at least 4 members (excludes halogenated alkanes) is 11. The highest BCUT2D eigenvalue weighted by molar-refractivity contribution is 4.92. The molecule has 0 aliphatic rings. The topological polar surface area (TPSA) is 0 Å². The van der Waals surface area contributed by atoms with Crippen molar-refractivity contribution in [1.29, 1.82) is 0 Å². The number of hydrogen-bond donors (Lipinski definition) is 0. The Hall–Kier alpha value is -0.520. The fraction of sp³-hybridized carbons (Fsp3) is 0.800. The van der Waals surface area contributed by atoms with Crippen molar-refractivity contribution in [1.82, 2.24) is 0 Å². The Labute approximate surface area is 128 Å². The van der Waals surface area contributed by atoms with Crippen LogP contribution < -0.4 is 0 Å². The molecule has 0 atom stereocenters. The second-order valence-corrected chi connectivity index (χ2v) is 5.94. The molecule has 118 valence electrons. The van der Waals surface area contributed by atoms with Gasteiger partial charge in [-0.15, -0.1) is 0 Å². The summed E-state index contributed by atoms with van der Waals surface area (Å²) in [7, 11) is 0. The summed E-state index contributed by atoms with van der Waals surface area (Å²) in [5, 5.41) is 0. The molecule has 0 heteroatoms. The van der Waals surface area contributed by atoms with E-state index in [0.717, 1.165) is 6.42 Å². The molecule has 0 rings (SSSR count). The molecule has 0 unspecified atom stereocenters. The van der Waals surface area contributed by atoms with E-state index in [-0.39, 0.29) is 0 Å². The second-order valence-electron chi connectivity index (χ2n) is 5.94. The average molecular weight is 279 g/mol. The molecule has 0 aliphatic carbocycles. The van der Waals surface area contributed by atoms with E-state index in [2.05, 4.69) is 38.2 Å². The summed E-state index contributed by atoms with van der Waals surface area (Å²) in [5.74, 6) is 0. The van der Waals surface area contributed by atoms with Crippen LogP contribution in [0.4, 0.5) is 0 Å². The molecule has 0 spiro atoms. The Balaban J connectivity index is 3.13. The van der Waals surface area contributed by atoms with Crippen LogP contribution in [0.5, 0.6) is 0 Å². The first kappa shape index (κ1) is 19.5. The molecule has 0 saturated carbocycles. The van der Waals surface area contributed by atoms with Crippen molar-refractivity contribution >= 4 is 0 Å². The van der Waals surface area contributed by atoms with Gasteiger partial charge in [-0.2, -0.15) is 0 Å². The van der Waals surface area contributed by atoms with Crippen LogP contribution in [0.25, 0.3) is 0 Å². The predicted octanol–water partition coefficient (Wildman–Crippen LogP) is 7.60. The van der Waals surface area contributed by atoms with Gasteiger partial charge < -0.3 is 0 Å². The summed E-state index contributed by atoms with van der Waals surface area (Å²) in [4.78, 5) is 0. The minimum atomic E-state index is 1.13. The molecule has 0 N–H and O–H groups in total. The van der Waals surface area contributed by atoms with Gasteiger partial charge in [0.05, 0.1) is 0 Å². The Morgan fingerprint density at radius 1 is 0.450 bits per heavy atom. The third kappa shape index (κ3) is 17.5. The first-order valence-electron chi connectivity index (χ1n) is 9.21. The zero-order valence-electron chi connectivity index (χ0n) is 14.2. The van der Waals surface area contributed by atoms with Crippen LogP contribution in [-0.4, -0.2) is 0 Å². The van der Waals surface area contributed by atoms with Gasteiger partial charge in [-0.3, -0.25) is 0 Å². The SMILES string of the molecule is CCCCCC/C=C/C/C=C/CCCCCCCCC. The molecule has 0 heterocycles. The van der Waals surface area contributed by atoms with Gasteiger partial charge in [0.2, 0.25) is 0 Å². The molecule has 0 bridgehead atoms. The smallest absolute Gasteiger partial charge is 0.0169 e. The van der Waals surface area contributed by atoms with Crippen molar-refractivity contribution in [3.8, 4) is 0 Å². The maximum atomic E-state index is 2.37. The molecule has 0 aliphatic heterocycles. The molecule has 0 aromatic rings. The third-order valence-electron chi connectivity index (χ3n) is 3.80. The van der Waals surface area contributed by atoms with Gasteiger partial charge in [-0.1, -0.05) is 95.9 Å². The number of hydrogen-bond acceptors (Lipinski definition) is 0. The summed E-state index contributed by atoms with van der Waals surface area (Å²) < 4.78 is 0. The van der Waals surface area contributed by atoms with E-state index in [1.165, 1.54) is 83.5 Å². The molecule has 0 aromatic carbocycles. The van der Waals surface area contributed by atoms with E-state index >= 15 is 0 Å². The molecule has 0 nitrogen and oxygen atoms in total. The summed E-state index contributed by atoms with van der Waals surface area (Å²) in [5.41, 5.74) is 0. The lowest BCUT2D eigenvalue weighted by molar-refractivity contribution is 0.592. The molecule has 0 amide bonds.